The molecule has 4 nitrogen and oxygen atoms in total. The summed E-state index contributed by atoms with van der Waals surface area (Å²) in [6, 6.07) is 12.4. The number of pyridine rings is 1. The fraction of sp³-hybridized carbons (Fsp3) is 0.0588. The molecule has 4 rings (SSSR count). The summed E-state index contributed by atoms with van der Waals surface area (Å²) in [7, 11) is 0. The lowest BCUT2D eigenvalue weighted by molar-refractivity contribution is 0.108. The van der Waals surface area contributed by atoms with E-state index in [9.17, 15) is 4.79 Å². The summed E-state index contributed by atoms with van der Waals surface area (Å²) >= 11 is 12.0. The Labute approximate surface area is 141 Å². The van der Waals surface area contributed by atoms with Crippen LogP contribution in [0.2, 0.25) is 5.02 Å². The van der Waals surface area contributed by atoms with Crippen molar-refractivity contribution in [2.45, 2.75) is 0 Å². The number of nitrogens with zero attached hydrogens (tertiary/aromatic N) is 1. The molecule has 0 saturated carbocycles. The van der Waals surface area contributed by atoms with Crippen molar-refractivity contribution in [3.05, 3.63) is 53.1 Å². The molecule has 0 unspecified atom stereocenters. The van der Waals surface area contributed by atoms with Gasteiger partial charge in [-0.1, -0.05) is 23.7 Å². The average molecular weight is 346 g/mol. The van der Waals surface area contributed by atoms with Crippen LogP contribution in [0.4, 0.5) is 0 Å². The number of rotatable bonds is 2. The van der Waals surface area contributed by atoms with E-state index in [1.165, 1.54) is 0 Å². The van der Waals surface area contributed by atoms with Crippen molar-refractivity contribution in [3.8, 4) is 22.8 Å². The Bertz CT molecular complexity index is 956. The molecule has 3 aromatic rings. The van der Waals surface area contributed by atoms with E-state index in [1.54, 1.807) is 30.3 Å². The maximum atomic E-state index is 11.8. The van der Waals surface area contributed by atoms with E-state index in [4.69, 9.17) is 32.7 Å². The molecule has 0 N–H and O–H groups in total. The zero-order valence-electron chi connectivity index (χ0n) is 11.7. The zero-order chi connectivity index (χ0) is 16.0. The van der Waals surface area contributed by atoms with Gasteiger partial charge in [-0.05, 0) is 41.9 Å². The first-order chi connectivity index (χ1) is 11.1. The Morgan fingerprint density at radius 2 is 1.91 bits per heavy atom. The van der Waals surface area contributed by atoms with Crippen LogP contribution in [0.15, 0.2) is 42.5 Å². The lowest BCUT2D eigenvalue weighted by Crippen LogP contribution is -1.96. The molecule has 2 aromatic carbocycles. The van der Waals surface area contributed by atoms with Gasteiger partial charge in [-0.15, -0.1) is 0 Å². The maximum Gasteiger partial charge on any atom is 0.253 e. The van der Waals surface area contributed by atoms with E-state index in [0.29, 0.717) is 38.7 Å². The van der Waals surface area contributed by atoms with Gasteiger partial charge in [-0.3, -0.25) is 4.79 Å². The predicted molar refractivity (Wildman–Crippen MR) is 88.5 cm³/mol. The van der Waals surface area contributed by atoms with Gasteiger partial charge in [-0.25, -0.2) is 4.98 Å². The second-order valence-electron chi connectivity index (χ2n) is 5.03. The van der Waals surface area contributed by atoms with Crippen LogP contribution in [0.1, 0.15) is 10.4 Å². The second-order valence-corrected chi connectivity index (χ2v) is 5.78. The van der Waals surface area contributed by atoms with Crippen LogP contribution in [0.3, 0.4) is 0 Å². The SMILES string of the molecule is O=C(Cl)c1cc(-c2ccc3c(c2)OCO3)nc2c(Cl)cccc12. The summed E-state index contributed by atoms with van der Waals surface area (Å²) < 4.78 is 10.7. The summed E-state index contributed by atoms with van der Waals surface area (Å²) in [6.45, 7) is 0.196. The minimum Gasteiger partial charge on any atom is -0.454 e. The highest BCUT2D eigenvalue weighted by Gasteiger charge is 2.17. The monoisotopic (exact) mass is 345 g/mol. The lowest BCUT2D eigenvalue weighted by atomic mass is 10.0. The molecule has 1 aromatic heterocycles. The number of benzene rings is 2. The molecule has 23 heavy (non-hydrogen) atoms. The lowest BCUT2D eigenvalue weighted by Gasteiger charge is -2.09. The molecule has 0 fully saturated rings. The highest BCUT2D eigenvalue weighted by molar-refractivity contribution is 6.68. The quantitative estimate of drug-likeness (QED) is 0.633. The van der Waals surface area contributed by atoms with Gasteiger partial charge in [0.15, 0.2) is 11.5 Å². The molecular weight excluding hydrogens is 337 g/mol. The van der Waals surface area contributed by atoms with Gasteiger partial charge < -0.3 is 9.47 Å². The number of aromatic nitrogens is 1. The predicted octanol–water partition coefficient (Wildman–Crippen LogP) is 4.66. The molecule has 0 spiro atoms. The number of hydrogen-bond donors (Lipinski definition) is 0. The molecular formula is C17H9Cl2NO3. The number of carbonyl (C=O) groups excluding carboxylic acids is 1. The summed E-state index contributed by atoms with van der Waals surface area (Å²) in [5, 5.41) is 0.535. The standard InChI is InChI=1S/C17H9Cl2NO3/c18-12-3-1-2-10-11(17(19)21)7-13(20-16(10)12)9-4-5-14-15(6-9)23-8-22-14/h1-7H,8H2. The molecule has 114 valence electrons. The first-order valence-electron chi connectivity index (χ1n) is 6.82. The first kappa shape index (κ1) is 14.3. The first-order valence-corrected chi connectivity index (χ1v) is 7.58. The topological polar surface area (TPSA) is 48.4 Å². The number of halogens is 2. The Morgan fingerprint density at radius 3 is 2.74 bits per heavy atom. The molecule has 0 radical (unpaired) electrons. The number of carbonyl (C=O) groups is 1. The number of hydrogen-bond acceptors (Lipinski definition) is 4. The van der Waals surface area contributed by atoms with E-state index < -0.39 is 5.24 Å². The van der Waals surface area contributed by atoms with E-state index in [2.05, 4.69) is 4.98 Å². The Morgan fingerprint density at radius 1 is 1.09 bits per heavy atom. The molecule has 1 aliphatic rings. The van der Waals surface area contributed by atoms with E-state index >= 15 is 0 Å². The van der Waals surface area contributed by atoms with Gasteiger partial charge in [0.1, 0.15) is 0 Å². The molecule has 1 aliphatic heterocycles. The highest BCUT2D eigenvalue weighted by atomic mass is 35.5. The maximum absolute atomic E-state index is 11.8. The number of para-hydroxylation sites is 1. The van der Waals surface area contributed by atoms with Crippen molar-refractivity contribution in [1.29, 1.82) is 0 Å². The van der Waals surface area contributed by atoms with Crippen molar-refractivity contribution >= 4 is 39.3 Å². The molecule has 0 amide bonds. The third-order valence-corrected chi connectivity index (χ3v) is 4.18. The van der Waals surface area contributed by atoms with E-state index in [-0.39, 0.29) is 6.79 Å². The summed E-state index contributed by atoms with van der Waals surface area (Å²) in [6.07, 6.45) is 0. The van der Waals surface area contributed by atoms with E-state index in [1.807, 2.05) is 12.1 Å². The number of ether oxygens (including phenoxy) is 2. The molecule has 0 aliphatic carbocycles. The number of fused-ring (bicyclic) bond motifs is 2. The second kappa shape index (κ2) is 5.41. The fourth-order valence-electron chi connectivity index (χ4n) is 2.58. The average Bonchev–Trinajstić information content (AvgIpc) is 3.02. The van der Waals surface area contributed by atoms with Gasteiger partial charge in [-0.2, -0.15) is 0 Å². The smallest absolute Gasteiger partial charge is 0.253 e. The zero-order valence-corrected chi connectivity index (χ0v) is 13.2. The Balaban J connectivity index is 1.97. The van der Waals surface area contributed by atoms with Crippen LogP contribution in [0.25, 0.3) is 22.2 Å². The molecule has 6 heteroatoms. The van der Waals surface area contributed by atoms with Crippen LogP contribution in [0, 0.1) is 0 Å². The van der Waals surface area contributed by atoms with Crippen molar-refractivity contribution in [2.24, 2.45) is 0 Å². The van der Waals surface area contributed by atoms with Gasteiger partial charge in [0.2, 0.25) is 6.79 Å². The van der Waals surface area contributed by atoms with Crippen molar-refractivity contribution < 1.29 is 14.3 Å². The van der Waals surface area contributed by atoms with Crippen molar-refractivity contribution in [2.75, 3.05) is 6.79 Å². The van der Waals surface area contributed by atoms with Crippen LogP contribution in [0.5, 0.6) is 11.5 Å². The van der Waals surface area contributed by atoms with Crippen molar-refractivity contribution in [3.63, 3.8) is 0 Å². The molecule has 0 bridgehead atoms. The van der Waals surface area contributed by atoms with Crippen LogP contribution in [-0.2, 0) is 0 Å². The van der Waals surface area contributed by atoms with Crippen LogP contribution < -0.4 is 9.47 Å². The van der Waals surface area contributed by atoms with Crippen LogP contribution in [-0.4, -0.2) is 17.0 Å². The molecule has 2 heterocycles. The summed E-state index contributed by atoms with van der Waals surface area (Å²) in [5.74, 6) is 1.32. The van der Waals surface area contributed by atoms with Crippen LogP contribution >= 0.6 is 23.2 Å². The van der Waals surface area contributed by atoms with Gasteiger partial charge >= 0.3 is 0 Å². The van der Waals surface area contributed by atoms with Gasteiger partial charge in [0, 0.05) is 16.5 Å². The normalized spacial score (nSPS) is 12.6. The Kier molecular flexibility index (Phi) is 3.36. The minimum atomic E-state index is -0.554. The third kappa shape index (κ3) is 2.40. The third-order valence-electron chi connectivity index (χ3n) is 3.67. The summed E-state index contributed by atoms with van der Waals surface area (Å²) in [4.78, 5) is 16.4. The minimum absolute atomic E-state index is 0.196. The molecule has 0 saturated heterocycles. The van der Waals surface area contributed by atoms with Crippen molar-refractivity contribution in [1.82, 2.24) is 4.98 Å². The fourth-order valence-corrected chi connectivity index (χ4v) is 2.95. The van der Waals surface area contributed by atoms with E-state index in [0.717, 1.165) is 5.56 Å². The Hall–Kier alpha value is -2.30. The van der Waals surface area contributed by atoms with Gasteiger partial charge in [0.05, 0.1) is 16.2 Å². The molecule has 0 atom stereocenters. The largest absolute Gasteiger partial charge is 0.454 e. The highest BCUT2D eigenvalue weighted by Crippen LogP contribution is 2.37. The van der Waals surface area contributed by atoms with Gasteiger partial charge in [0.25, 0.3) is 5.24 Å². The summed E-state index contributed by atoms with van der Waals surface area (Å²) in [5.41, 5.74) is 2.28.